The van der Waals surface area contributed by atoms with Crippen LogP contribution in [0.5, 0.6) is 11.5 Å². The zero-order valence-corrected chi connectivity index (χ0v) is 27.9. The largest absolute Gasteiger partial charge is 0.497 e. The molecule has 240 valence electrons. The molecule has 7 nitrogen and oxygen atoms in total. The summed E-state index contributed by atoms with van der Waals surface area (Å²) in [6, 6.07) is 29.2. The van der Waals surface area contributed by atoms with Crippen LogP contribution in [0.2, 0.25) is 0 Å². The van der Waals surface area contributed by atoms with Gasteiger partial charge in [0.15, 0.2) is 11.6 Å². The number of amides is 1. The van der Waals surface area contributed by atoms with Gasteiger partial charge in [-0.15, -0.1) is 0 Å². The second-order valence-corrected chi connectivity index (χ2v) is 12.8. The lowest BCUT2D eigenvalue weighted by Crippen LogP contribution is -2.50. The van der Waals surface area contributed by atoms with Crippen LogP contribution in [-0.2, 0) is 21.7 Å². The first-order valence-electron chi connectivity index (χ1n) is 15.0. The van der Waals surface area contributed by atoms with Crippen molar-refractivity contribution in [1.29, 1.82) is 0 Å². The maximum atomic E-state index is 14.4. The maximum absolute atomic E-state index is 14.4. The molecule has 4 aromatic rings. The Labute approximate surface area is 281 Å². The number of hydrogen-bond donors (Lipinski definition) is 2. The Kier molecular flexibility index (Phi) is 11.7. The van der Waals surface area contributed by atoms with Crippen LogP contribution < -0.4 is 14.8 Å². The van der Waals surface area contributed by atoms with Gasteiger partial charge >= 0.3 is 0 Å². The summed E-state index contributed by atoms with van der Waals surface area (Å²) in [5.74, 6) is 2.53. The molecular formula is C36H36BrFN2O5S. The fourth-order valence-corrected chi connectivity index (χ4v) is 6.24. The molecule has 1 heterocycles. The normalized spacial score (nSPS) is 17.2. The van der Waals surface area contributed by atoms with Crippen molar-refractivity contribution in [1.82, 2.24) is 5.32 Å². The molecule has 1 aliphatic rings. The third-order valence-corrected chi connectivity index (χ3v) is 9.09. The van der Waals surface area contributed by atoms with Crippen molar-refractivity contribution in [3.63, 3.8) is 0 Å². The number of benzene rings is 4. The molecule has 0 bridgehead atoms. The smallest absolute Gasteiger partial charge is 0.252 e. The number of carbonyl (C=O) groups excluding carboxylic acids is 1. The minimum atomic E-state index is -1.33. The highest BCUT2D eigenvalue weighted by Gasteiger charge is 2.53. The highest BCUT2D eigenvalue weighted by atomic mass is 79.9. The Morgan fingerprint density at radius 1 is 1.02 bits per heavy atom. The van der Waals surface area contributed by atoms with Crippen LogP contribution in [0, 0.1) is 5.82 Å². The van der Waals surface area contributed by atoms with Gasteiger partial charge in [0.05, 0.1) is 13.7 Å². The number of ether oxygens (including phenoxy) is 3. The van der Waals surface area contributed by atoms with E-state index in [1.54, 1.807) is 31.0 Å². The Bertz CT molecular complexity index is 1620. The van der Waals surface area contributed by atoms with Gasteiger partial charge in [0.2, 0.25) is 5.90 Å². The van der Waals surface area contributed by atoms with E-state index in [9.17, 15) is 9.18 Å². The van der Waals surface area contributed by atoms with E-state index in [1.807, 2.05) is 72.8 Å². The van der Waals surface area contributed by atoms with Crippen molar-refractivity contribution in [3.05, 3.63) is 130 Å². The van der Waals surface area contributed by atoms with Crippen molar-refractivity contribution < 1.29 is 28.5 Å². The van der Waals surface area contributed by atoms with E-state index >= 15 is 0 Å². The molecule has 10 heteroatoms. The number of rotatable bonds is 15. The molecule has 5 rings (SSSR count). The predicted molar refractivity (Wildman–Crippen MR) is 183 cm³/mol. The van der Waals surface area contributed by atoms with Crippen molar-refractivity contribution in [2.24, 2.45) is 4.99 Å². The minimum Gasteiger partial charge on any atom is -0.497 e. The Morgan fingerprint density at radius 3 is 2.48 bits per heavy atom. The molecule has 0 saturated carbocycles. The van der Waals surface area contributed by atoms with Crippen molar-refractivity contribution >= 4 is 39.5 Å². The van der Waals surface area contributed by atoms with Gasteiger partial charge in [-0.3, -0.25) is 4.79 Å². The second kappa shape index (κ2) is 16.1. The lowest BCUT2D eigenvalue weighted by molar-refractivity contribution is -0.128. The molecule has 0 spiro atoms. The first-order valence-corrected chi connectivity index (χ1v) is 16.9. The van der Waals surface area contributed by atoms with Crippen LogP contribution in [0.1, 0.15) is 34.8 Å². The van der Waals surface area contributed by atoms with E-state index in [2.05, 4.69) is 21.2 Å². The molecule has 1 amide bonds. The monoisotopic (exact) mass is 706 g/mol. The van der Waals surface area contributed by atoms with Crippen LogP contribution in [0.4, 0.5) is 4.39 Å². The van der Waals surface area contributed by atoms with Crippen LogP contribution >= 0.6 is 27.7 Å². The first-order chi connectivity index (χ1) is 22.4. The standard InChI is InChI=1S/C36H36BrFN2O5S/c1-43-32-5-2-4-28(22-32)33-36(23-25-6-12-29(37)13-7-25,35(42)39-18-21-46-24-26-8-14-30(38)15-9-26)40-34(45-33)27-10-16-31(17-11-27)44-20-3-19-41/h2,4-17,22,33,41H,3,18-21,23-24H2,1H3,(H,39,42)/t33-,36-/m1/s1. The van der Waals surface area contributed by atoms with Crippen LogP contribution in [-0.4, -0.2) is 55.1 Å². The van der Waals surface area contributed by atoms with E-state index < -0.39 is 11.6 Å². The lowest BCUT2D eigenvalue weighted by Gasteiger charge is -2.31. The van der Waals surface area contributed by atoms with Crippen LogP contribution in [0.25, 0.3) is 0 Å². The van der Waals surface area contributed by atoms with E-state index in [0.717, 1.165) is 21.2 Å². The number of carbonyl (C=O) groups is 1. The molecule has 0 radical (unpaired) electrons. The van der Waals surface area contributed by atoms with E-state index in [-0.39, 0.29) is 18.3 Å². The summed E-state index contributed by atoms with van der Waals surface area (Å²) in [5.41, 5.74) is 2.10. The fourth-order valence-electron chi connectivity index (χ4n) is 5.16. The van der Waals surface area contributed by atoms with Gasteiger partial charge in [0.1, 0.15) is 17.3 Å². The molecule has 0 aliphatic carbocycles. The average molecular weight is 708 g/mol. The topological polar surface area (TPSA) is 89.4 Å². The number of aliphatic imine (C=N–C) groups is 1. The number of nitrogens with one attached hydrogen (secondary N) is 1. The highest BCUT2D eigenvalue weighted by molar-refractivity contribution is 9.10. The molecule has 1 aliphatic heterocycles. The van der Waals surface area contributed by atoms with Gasteiger partial charge in [-0.25, -0.2) is 9.38 Å². The Hall–Kier alpha value is -3.86. The molecule has 2 atom stereocenters. The summed E-state index contributed by atoms with van der Waals surface area (Å²) in [4.78, 5) is 19.5. The maximum Gasteiger partial charge on any atom is 0.252 e. The van der Waals surface area contributed by atoms with Gasteiger partial charge < -0.3 is 24.6 Å². The molecular weight excluding hydrogens is 671 g/mol. The Balaban J connectivity index is 1.44. The van der Waals surface area contributed by atoms with Crippen molar-refractivity contribution in [3.8, 4) is 11.5 Å². The third-order valence-electron chi connectivity index (χ3n) is 7.53. The summed E-state index contributed by atoms with van der Waals surface area (Å²) in [5, 5.41) is 12.2. The van der Waals surface area contributed by atoms with E-state index in [1.165, 1.54) is 12.1 Å². The van der Waals surface area contributed by atoms with Crippen LogP contribution in [0.15, 0.2) is 107 Å². The number of aliphatic hydroxyl groups is 1. The SMILES string of the molecule is COc1cccc([C@H]2OC(c3ccc(OCCCO)cc3)=N[C@@]2(Cc2ccc(Br)cc2)C(=O)NCCSCc2ccc(F)cc2)c1. The summed E-state index contributed by atoms with van der Waals surface area (Å²) >= 11 is 5.17. The minimum absolute atomic E-state index is 0.0594. The zero-order valence-electron chi connectivity index (χ0n) is 25.5. The van der Waals surface area contributed by atoms with E-state index in [4.69, 9.17) is 24.3 Å². The van der Waals surface area contributed by atoms with Crippen molar-refractivity contribution in [2.75, 3.05) is 32.6 Å². The van der Waals surface area contributed by atoms with E-state index in [0.29, 0.717) is 60.5 Å². The molecule has 0 unspecified atom stereocenters. The lowest BCUT2D eigenvalue weighted by atomic mass is 9.82. The highest BCUT2D eigenvalue weighted by Crippen LogP contribution is 2.43. The fraction of sp³-hybridized carbons (Fsp3) is 0.278. The molecule has 46 heavy (non-hydrogen) atoms. The summed E-state index contributed by atoms with van der Waals surface area (Å²) < 4.78 is 32.1. The second-order valence-electron chi connectivity index (χ2n) is 10.8. The quantitative estimate of drug-likeness (QED) is 0.131. The van der Waals surface area contributed by atoms with Gasteiger partial charge in [-0.2, -0.15) is 11.8 Å². The van der Waals surface area contributed by atoms with Crippen molar-refractivity contribution in [2.45, 2.75) is 30.2 Å². The van der Waals surface area contributed by atoms with Crippen LogP contribution in [0.3, 0.4) is 0 Å². The summed E-state index contributed by atoms with van der Waals surface area (Å²) in [6.07, 6.45) is 0.0921. The Morgan fingerprint density at radius 2 is 1.76 bits per heavy atom. The van der Waals surface area contributed by atoms with Gasteiger partial charge in [0, 0.05) is 47.5 Å². The van der Waals surface area contributed by atoms with Gasteiger partial charge in [-0.05, 0) is 77.4 Å². The zero-order chi connectivity index (χ0) is 32.4. The number of aliphatic hydroxyl groups excluding tert-OH is 1. The number of nitrogens with zero attached hydrogens (tertiary/aromatic N) is 1. The number of methoxy groups -OCH3 is 1. The summed E-state index contributed by atoms with van der Waals surface area (Å²) in [7, 11) is 1.60. The number of hydrogen-bond acceptors (Lipinski definition) is 7. The van der Waals surface area contributed by atoms with Gasteiger partial charge in [0.25, 0.3) is 5.91 Å². The molecule has 0 fully saturated rings. The number of thioether (sulfide) groups is 1. The molecule has 0 aromatic heterocycles. The number of halogens is 2. The molecule has 4 aromatic carbocycles. The first kappa shape index (κ1) is 33.5. The third kappa shape index (κ3) is 8.48. The summed E-state index contributed by atoms with van der Waals surface area (Å²) in [6.45, 7) is 0.885. The average Bonchev–Trinajstić information content (AvgIpc) is 3.47. The van der Waals surface area contributed by atoms with Gasteiger partial charge in [-0.1, -0.05) is 52.3 Å². The molecule has 0 saturated heterocycles. The molecule has 2 N–H and O–H groups in total. The predicted octanol–water partition coefficient (Wildman–Crippen LogP) is 6.91.